The van der Waals surface area contributed by atoms with Gasteiger partial charge in [0.1, 0.15) is 6.10 Å². The Morgan fingerprint density at radius 1 is 1.80 bits per heavy atom. The Labute approximate surface area is 64.3 Å². The number of hydrogen-bond acceptors (Lipinski definition) is 3. The zero-order valence-corrected chi connectivity index (χ0v) is 6.43. The molecule has 1 saturated heterocycles. The predicted octanol–water partition coefficient (Wildman–Crippen LogP) is 0.556. The van der Waals surface area contributed by atoms with Gasteiger partial charge in [0.05, 0.1) is 12.7 Å². The largest absolute Gasteiger partial charge is 0.379 e. The monoisotopic (exact) mass is 164 g/mol. The highest BCUT2D eigenvalue weighted by Gasteiger charge is 2.29. The van der Waals surface area contributed by atoms with E-state index in [1.54, 1.807) is 7.11 Å². The molecule has 0 radical (unpaired) electrons. The molecule has 0 aromatic heterocycles. The molecule has 2 unspecified atom stereocenters. The van der Waals surface area contributed by atoms with Crippen LogP contribution in [0, 0.1) is 0 Å². The van der Waals surface area contributed by atoms with Crippen LogP contribution in [0.1, 0.15) is 6.42 Å². The van der Waals surface area contributed by atoms with Crippen LogP contribution in [0.15, 0.2) is 0 Å². The molecule has 0 aromatic rings. The summed E-state index contributed by atoms with van der Waals surface area (Å²) in [5.74, 6) is 0. The lowest BCUT2D eigenvalue weighted by Gasteiger charge is -2.01. The van der Waals surface area contributed by atoms with Gasteiger partial charge in [-0.3, -0.25) is 4.79 Å². The van der Waals surface area contributed by atoms with E-state index in [0.29, 0.717) is 13.0 Å². The van der Waals surface area contributed by atoms with E-state index in [1.807, 2.05) is 0 Å². The van der Waals surface area contributed by atoms with Crippen molar-refractivity contribution in [3.8, 4) is 0 Å². The number of carbonyl (C=O) groups is 1. The van der Waals surface area contributed by atoms with Crippen LogP contribution in [0.5, 0.6) is 0 Å². The molecule has 58 valence electrons. The van der Waals surface area contributed by atoms with Crippen molar-refractivity contribution < 1.29 is 14.3 Å². The van der Waals surface area contributed by atoms with Crippen LogP contribution >= 0.6 is 11.6 Å². The van der Waals surface area contributed by atoms with Gasteiger partial charge in [-0.2, -0.15) is 0 Å². The average molecular weight is 165 g/mol. The first-order chi connectivity index (χ1) is 4.74. The highest BCUT2D eigenvalue weighted by atomic mass is 35.5. The molecule has 0 N–H and O–H groups in total. The Hall–Kier alpha value is -0.120. The molecule has 1 fully saturated rings. The molecule has 10 heavy (non-hydrogen) atoms. The van der Waals surface area contributed by atoms with Crippen LogP contribution in [-0.4, -0.2) is 31.2 Å². The number of rotatable bonds is 2. The lowest BCUT2D eigenvalue weighted by molar-refractivity contribution is -0.119. The Kier molecular flexibility index (Phi) is 2.65. The summed E-state index contributed by atoms with van der Waals surface area (Å²) in [6, 6.07) is 0. The van der Waals surface area contributed by atoms with Crippen LogP contribution in [0.3, 0.4) is 0 Å². The standard InChI is InChI=1S/C6H9ClO3/c1-9-4-2-5(6(7)8)10-3-4/h4-5H,2-3H2,1H3. The molecule has 0 amide bonds. The third kappa shape index (κ3) is 1.68. The maximum Gasteiger partial charge on any atom is 0.250 e. The van der Waals surface area contributed by atoms with E-state index in [2.05, 4.69) is 0 Å². The Morgan fingerprint density at radius 2 is 2.50 bits per heavy atom. The zero-order valence-electron chi connectivity index (χ0n) is 5.67. The first-order valence-corrected chi connectivity index (χ1v) is 3.45. The Balaban J connectivity index is 2.35. The fourth-order valence-corrected chi connectivity index (χ4v) is 1.07. The van der Waals surface area contributed by atoms with Gasteiger partial charge in [-0.25, -0.2) is 0 Å². The molecule has 0 bridgehead atoms. The molecule has 0 aromatic carbocycles. The molecule has 4 heteroatoms. The lowest BCUT2D eigenvalue weighted by atomic mass is 10.2. The maximum absolute atomic E-state index is 10.5. The van der Waals surface area contributed by atoms with Crippen molar-refractivity contribution in [2.75, 3.05) is 13.7 Å². The predicted molar refractivity (Wildman–Crippen MR) is 36.0 cm³/mol. The van der Waals surface area contributed by atoms with Crippen molar-refractivity contribution >= 4 is 16.8 Å². The molecule has 1 aliphatic heterocycles. The van der Waals surface area contributed by atoms with Crippen LogP contribution in [0.4, 0.5) is 0 Å². The van der Waals surface area contributed by atoms with Gasteiger partial charge in [0.15, 0.2) is 0 Å². The fourth-order valence-electron chi connectivity index (χ4n) is 0.921. The summed E-state index contributed by atoms with van der Waals surface area (Å²) in [6.07, 6.45) is 0.165. The second kappa shape index (κ2) is 3.32. The molecule has 2 atom stereocenters. The average Bonchev–Trinajstić information content (AvgIpc) is 2.34. The smallest absolute Gasteiger partial charge is 0.250 e. The third-order valence-corrected chi connectivity index (χ3v) is 1.79. The van der Waals surface area contributed by atoms with Gasteiger partial charge in [-0.05, 0) is 11.6 Å². The van der Waals surface area contributed by atoms with Crippen molar-refractivity contribution in [1.29, 1.82) is 0 Å². The van der Waals surface area contributed by atoms with E-state index in [4.69, 9.17) is 21.1 Å². The highest BCUT2D eigenvalue weighted by Crippen LogP contribution is 2.17. The van der Waals surface area contributed by atoms with Crippen LogP contribution < -0.4 is 0 Å². The van der Waals surface area contributed by atoms with Crippen molar-refractivity contribution in [2.45, 2.75) is 18.6 Å². The SMILES string of the molecule is COC1COC(C(=O)Cl)C1. The van der Waals surface area contributed by atoms with E-state index >= 15 is 0 Å². The zero-order chi connectivity index (χ0) is 7.56. The lowest BCUT2D eigenvalue weighted by Crippen LogP contribution is -2.14. The fraction of sp³-hybridized carbons (Fsp3) is 0.833. The minimum absolute atomic E-state index is 0.0349. The van der Waals surface area contributed by atoms with E-state index in [1.165, 1.54) is 0 Å². The molecule has 0 aliphatic carbocycles. The summed E-state index contributed by atoms with van der Waals surface area (Å²) in [4.78, 5) is 10.5. The van der Waals surface area contributed by atoms with Crippen molar-refractivity contribution in [3.63, 3.8) is 0 Å². The highest BCUT2D eigenvalue weighted by molar-refractivity contribution is 6.64. The number of hydrogen-bond donors (Lipinski definition) is 0. The topological polar surface area (TPSA) is 35.5 Å². The first kappa shape index (κ1) is 7.98. The van der Waals surface area contributed by atoms with E-state index in [9.17, 15) is 4.79 Å². The summed E-state index contributed by atoms with van der Waals surface area (Å²) in [7, 11) is 1.59. The number of methoxy groups -OCH3 is 1. The van der Waals surface area contributed by atoms with E-state index in [-0.39, 0.29) is 6.10 Å². The summed E-state index contributed by atoms with van der Waals surface area (Å²) in [5.41, 5.74) is 0. The van der Waals surface area contributed by atoms with Crippen LogP contribution in [0.2, 0.25) is 0 Å². The summed E-state index contributed by atoms with van der Waals surface area (Å²) >= 11 is 5.19. The van der Waals surface area contributed by atoms with Crippen LogP contribution in [0.25, 0.3) is 0 Å². The molecular weight excluding hydrogens is 156 g/mol. The summed E-state index contributed by atoms with van der Waals surface area (Å²) < 4.78 is 9.97. The van der Waals surface area contributed by atoms with Gasteiger partial charge >= 0.3 is 0 Å². The third-order valence-electron chi connectivity index (χ3n) is 1.55. The van der Waals surface area contributed by atoms with Gasteiger partial charge in [-0.15, -0.1) is 0 Å². The number of carbonyl (C=O) groups excluding carboxylic acids is 1. The molecule has 0 saturated carbocycles. The van der Waals surface area contributed by atoms with Crippen LogP contribution in [-0.2, 0) is 14.3 Å². The summed E-state index contributed by atoms with van der Waals surface area (Å²) in [5, 5.41) is -0.431. The molecule has 1 aliphatic rings. The maximum atomic E-state index is 10.5. The first-order valence-electron chi connectivity index (χ1n) is 3.07. The van der Waals surface area contributed by atoms with Gasteiger partial charge < -0.3 is 9.47 Å². The molecule has 0 spiro atoms. The normalized spacial score (nSPS) is 32.6. The minimum Gasteiger partial charge on any atom is -0.379 e. The molecule has 1 heterocycles. The van der Waals surface area contributed by atoms with Gasteiger partial charge in [0.25, 0.3) is 5.24 Å². The van der Waals surface area contributed by atoms with E-state index in [0.717, 1.165) is 0 Å². The Morgan fingerprint density at radius 3 is 2.80 bits per heavy atom. The quantitative estimate of drug-likeness (QED) is 0.560. The summed E-state index contributed by atoms with van der Waals surface area (Å²) in [6.45, 7) is 0.472. The minimum atomic E-state index is -0.452. The molecule has 3 nitrogen and oxygen atoms in total. The number of ether oxygens (including phenoxy) is 2. The van der Waals surface area contributed by atoms with Gasteiger partial charge in [0, 0.05) is 13.5 Å². The molecular formula is C6H9ClO3. The van der Waals surface area contributed by atoms with E-state index < -0.39 is 11.3 Å². The van der Waals surface area contributed by atoms with Gasteiger partial charge in [0.2, 0.25) is 0 Å². The second-order valence-electron chi connectivity index (χ2n) is 2.22. The van der Waals surface area contributed by atoms with Crippen molar-refractivity contribution in [3.05, 3.63) is 0 Å². The number of halogens is 1. The Bertz CT molecular complexity index is 137. The van der Waals surface area contributed by atoms with Gasteiger partial charge in [-0.1, -0.05) is 0 Å². The second-order valence-corrected chi connectivity index (χ2v) is 2.59. The molecule has 1 rings (SSSR count). The van der Waals surface area contributed by atoms with Crippen molar-refractivity contribution in [1.82, 2.24) is 0 Å². The van der Waals surface area contributed by atoms with Crippen molar-refractivity contribution in [2.24, 2.45) is 0 Å².